The number of hydrogen-bond acceptors (Lipinski definition) is 7. The van der Waals surface area contributed by atoms with Crippen LogP contribution in [0.25, 0.3) is 0 Å². The largest absolute Gasteiger partial charge is 0.512 e. The Balaban J connectivity index is 2.08. The monoisotopic (exact) mass is 364 g/mol. The predicted octanol–water partition coefficient (Wildman–Crippen LogP) is 3.83. The summed E-state index contributed by atoms with van der Waals surface area (Å²) in [6.07, 6.45) is -0.596. The number of ether oxygens (including phenoxy) is 3. The van der Waals surface area contributed by atoms with Gasteiger partial charge >= 0.3 is 24.2 Å². The molecule has 1 aliphatic heterocycles. The van der Waals surface area contributed by atoms with Gasteiger partial charge in [0.2, 0.25) is 0 Å². The highest BCUT2D eigenvalue weighted by Gasteiger charge is 2.55. The molecule has 142 valence electrons. The van der Waals surface area contributed by atoms with E-state index in [9.17, 15) is 9.59 Å². The van der Waals surface area contributed by atoms with Crippen molar-refractivity contribution in [2.75, 3.05) is 0 Å². The number of carbonyl (C=O) groups excluding carboxylic acids is 2. The molecule has 0 amide bonds. The third kappa shape index (κ3) is 4.62. The fourth-order valence-corrected chi connectivity index (χ4v) is 2.73. The molecule has 7 heteroatoms. The Morgan fingerprint density at radius 3 is 2.50 bits per heavy atom. The van der Waals surface area contributed by atoms with Gasteiger partial charge in [-0.25, -0.2) is 9.59 Å². The van der Waals surface area contributed by atoms with Crippen LogP contribution in [0.2, 0.25) is 0 Å². The molecule has 26 heavy (non-hydrogen) atoms. The molecule has 1 heterocycles. The highest BCUT2D eigenvalue weighted by molar-refractivity contribution is 5.81. The minimum absolute atomic E-state index is 0.271. The second-order valence-corrected chi connectivity index (χ2v) is 6.82. The molecule has 0 radical (unpaired) electrons. The van der Waals surface area contributed by atoms with E-state index in [0.717, 1.165) is 11.6 Å². The van der Waals surface area contributed by atoms with Crippen molar-refractivity contribution < 1.29 is 33.6 Å². The standard InChI is InChI=1S/C19H24O7/c1-6-15(20)22-16-19(5,26-25-16)24-17(21)23-18(4,12-13(2)3)14-10-8-7-9-11-14/h6-11,13,16H,1,12H2,2-5H3. The molecule has 0 aromatic heterocycles. The van der Waals surface area contributed by atoms with Crippen LogP contribution in [-0.2, 0) is 34.4 Å². The molecule has 0 bridgehead atoms. The molecule has 7 nitrogen and oxygen atoms in total. The first kappa shape index (κ1) is 19.9. The average molecular weight is 364 g/mol. The lowest BCUT2D eigenvalue weighted by atomic mass is 9.87. The Bertz CT molecular complexity index is 657. The van der Waals surface area contributed by atoms with Crippen LogP contribution < -0.4 is 0 Å². The fourth-order valence-electron chi connectivity index (χ4n) is 2.73. The number of hydrogen-bond donors (Lipinski definition) is 0. The lowest BCUT2D eigenvalue weighted by Crippen LogP contribution is -2.59. The van der Waals surface area contributed by atoms with Gasteiger partial charge in [-0.1, -0.05) is 50.8 Å². The van der Waals surface area contributed by atoms with Crippen molar-refractivity contribution in [3.05, 3.63) is 48.6 Å². The number of esters is 1. The fraction of sp³-hybridized carbons (Fsp3) is 0.474. The minimum atomic E-state index is -1.59. The smallest absolute Gasteiger partial charge is 0.423 e. The van der Waals surface area contributed by atoms with E-state index in [2.05, 4.69) is 11.5 Å². The SMILES string of the molecule is C=CC(=O)OC1OOC1(C)OC(=O)OC(C)(CC(C)C)c1ccccc1. The van der Waals surface area contributed by atoms with E-state index in [1.54, 1.807) is 0 Å². The van der Waals surface area contributed by atoms with E-state index >= 15 is 0 Å². The first-order valence-corrected chi connectivity index (χ1v) is 8.33. The van der Waals surface area contributed by atoms with Crippen molar-refractivity contribution in [1.82, 2.24) is 0 Å². The van der Waals surface area contributed by atoms with Crippen LogP contribution in [-0.4, -0.2) is 24.2 Å². The van der Waals surface area contributed by atoms with Crippen LogP contribution in [0, 0.1) is 5.92 Å². The van der Waals surface area contributed by atoms with Gasteiger partial charge in [0, 0.05) is 13.0 Å². The van der Waals surface area contributed by atoms with Crippen LogP contribution in [0.4, 0.5) is 4.79 Å². The maximum Gasteiger partial charge on any atom is 0.512 e. The van der Waals surface area contributed by atoms with Crippen molar-refractivity contribution >= 4 is 12.1 Å². The lowest BCUT2D eigenvalue weighted by Gasteiger charge is -2.41. The molecule has 0 saturated carbocycles. The zero-order valence-electron chi connectivity index (χ0n) is 15.4. The van der Waals surface area contributed by atoms with E-state index in [1.807, 2.05) is 51.1 Å². The Hall–Kier alpha value is -2.38. The Labute approximate surface area is 152 Å². The maximum atomic E-state index is 12.4. The van der Waals surface area contributed by atoms with Gasteiger partial charge in [0.05, 0.1) is 0 Å². The van der Waals surface area contributed by atoms with Crippen LogP contribution in [0.15, 0.2) is 43.0 Å². The zero-order valence-corrected chi connectivity index (χ0v) is 15.4. The summed E-state index contributed by atoms with van der Waals surface area (Å²) in [6, 6.07) is 9.40. The molecule has 0 N–H and O–H groups in total. The molecule has 3 atom stereocenters. The second-order valence-electron chi connectivity index (χ2n) is 6.82. The highest BCUT2D eigenvalue weighted by atomic mass is 17.3. The van der Waals surface area contributed by atoms with Gasteiger partial charge in [-0.15, -0.1) is 0 Å². The normalized spacial score (nSPS) is 24.1. The predicted molar refractivity (Wildman–Crippen MR) is 91.5 cm³/mol. The van der Waals surface area contributed by atoms with Gasteiger partial charge in [-0.2, -0.15) is 9.78 Å². The zero-order chi connectivity index (χ0) is 19.4. The van der Waals surface area contributed by atoms with Crippen molar-refractivity contribution in [3.8, 4) is 0 Å². The molecule has 2 rings (SSSR count). The topological polar surface area (TPSA) is 80.3 Å². The molecule has 0 aliphatic carbocycles. The Kier molecular flexibility index (Phi) is 6.05. The highest BCUT2D eigenvalue weighted by Crippen LogP contribution is 2.36. The Morgan fingerprint density at radius 2 is 2.00 bits per heavy atom. The van der Waals surface area contributed by atoms with Gasteiger partial charge in [-0.05, 0) is 24.8 Å². The number of benzene rings is 1. The first-order chi connectivity index (χ1) is 12.2. The summed E-state index contributed by atoms with van der Waals surface area (Å²) >= 11 is 0. The first-order valence-electron chi connectivity index (χ1n) is 8.33. The quantitative estimate of drug-likeness (QED) is 0.413. The molecule has 1 saturated heterocycles. The van der Waals surface area contributed by atoms with Crippen molar-refractivity contribution in [2.45, 2.75) is 51.8 Å². The molecule has 3 unspecified atom stereocenters. The van der Waals surface area contributed by atoms with Crippen molar-refractivity contribution in [1.29, 1.82) is 0 Å². The molecular weight excluding hydrogens is 340 g/mol. The summed E-state index contributed by atoms with van der Waals surface area (Å²) in [5, 5.41) is 0. The van der Waals surface area contributed by atoms with Crippen LogP contribution >= 0.6 is 0 Å². The molecule has 1 aromatic rings. The molecule has 0 spiro atoms. The van der Waals surface area contributed by atoms with Gasteiger partial charge in [0.1, 0.15) is 5.60 Å². The molecule has 1 aliphatic rings. The number of carbonyl (C=O) groups is 2. The van der Waals surface area contributed by atoms with E-state index in [0.29, 0.717) is 6.42 Å². The van der Waals surface area contributed by atoms with Gasteiger partial charge in [0.25, 0.3) is 0 Å². The third-order valence-corrected chi connectivity index (χ3v) is 3.90. The lowest BCUT2D eigenvalue weighted by molar-refractivity contribution is -0.595. The molecule has 1 fully saturated rings. The second kappa shape index (κ2) is 7.88. The summed E-state index contributed by atoms with van der Waals surface area (Å²) < 4.78 is 15.7. The Morgan fingerprint density at radius 1 is 1.35 bits per heavy atom. The summed E-state index contributed by atoms with van der Waals surface area (Å²) in [6.45, 7) is 10.6. The summed E-state index contributed by atoms with van der Waals surface area (Å²) in [7, 11) is 0. The minimum Gasteiger partial charge on any atom is -0.423 e. The molecule has 1 aromatic carbocycles. The third-order valence-electron chi connectivity index (χ3n) is 3.90. The van der Waals surface area contributed by atoms with Crippen LogP contribution in [0.1, 0.15) is 39.7 Å². The summed E-state index contributed by atoms with van der Waals surface area (Å²) in [5.41, 5.74) is -0.0444. The van der Waals surface area contributed by atoms with Gasteiger partial charge in [0.15, 0.2) is 0 Å². The summed E-state index contributed by atoms with van der Waals surface area (Å²) in [4.78, 5) is 33.1. The van der Waals surface area contributed by atoms with Crippen molar-refractivity contribution in [3.63, 3.8) is 0 Å². The van der Waals surface area contributed by atoms with E-state index in [1.165, 1.54) is 6.92 Å². The van der Waals surface area contributed by atoms with Gasteiger partial charge in [-0.3, -0.25) is 0 Å². The average Bonchev–Trinajstić information content (AvgIpc) is 2.58. The van der Waals surface area contributed by atoms with E-state index in [4.69, 9.17) is 19.1 Å². The maximum absolute atomic E-state index is 12.4. The van der Waals surface area contributed by atoms with E-state index in [-0.39, 0.29) is 5.92 Å². The number of rotatable bonds is 7. The van der Waals surface area contributed by atoms with Crippen LogP contribution in [0.3, 0.4) is 0 Å². The van der Waals surface area contributed by atoms with E-state index < -0.39 is 29.8 Å². The van der Waals surface area contributed by atoms with Crippen LogP contribution in [0.5, 0.6) is 0 Å². The molecular formula is C19H24O7. The summed E-state index contributed by atoms with van der Waals surface area (Å²) in [5.74, 6) is -2.05. The van der Waals surface area contributed by atoms with Crippen molar-refractivity contribution in [2.24, 2.45) is 5.92 Å². The van der Waals surface area contributed by atoms with Gasteiger partial charge < -0.3 is 14.2 Å².